The van der Waals surface area contributed by atoms with Gasteiger partial charge in [-0.25, -0.2) is 0 Å². The number of hydrogen-bond acceptors (Lipinski definition) is 5. The number of benzene rings is 4. The Labute approximate surface area is 191 Å². The fourth-order valence-electron chi connectivity index (χ4n) is 4.40. The lowest BCUT2D eigenvalue weighted by Crippen LogP contribution is -1.98. The molecule has 1 aromatic heterocycles. The highest BCUT2D eigenvalue weighted by Gasteiger charge is 2.21. The highest BCUT2D eigenvalue weighted by molar-refractivity contribution is 6.04. The molecule has 1 aliphatic rings. The summed E-state index contributed by atoms with van der Waals surface area (Å²) in [6.07, 6.45) is 0. The molecule has 5 nitrogen and oxygen atoms in total. The van der Waals surface area contributed by atoms with E-state index in [4.69, 9.17) is 23.4 Å². The molecule has 5 heteroatoms. The maximum atomic E-state index is 6.50. The fourth-order valence-corrected chi connectivity index (χ4v) is 4.40. The van der Waals surface area contributed by atoms with Crippen LogP contribution in [-0.4, -0.2) is 13.9 Å². The number of furan rings is 1. The third-order valence-corrected chi connectivity index (χ3v) is 5.97. The summed E-state index contributed by atoms with van der Waals surface area (Å²) in [5, 5.41) is 2.98. The molecule has 0 fully saturated rings. The van der Waals surface area contributed by atoms with Crippen molar-refractivity contribution in [2.45, 2.75) is 13.5 Å². The van der Waals surface area contributed by atoms with E-state index in [9.17, 15) is 0 Å². The standard InChI is InChI=1S/C28H22O5/c1-17-12-23-20(10-11-24(29-2)28(23)33-17)21-9-8-19-13-25-26(32-16-31-25)14-22(19)27(21)30-15-18-6-4-3-5-7-18/h3-14H,15-16H2,1-2H3. The van der Waals surface area contributed by atoms with Crippen molar-refractivity contribution in [2.24, 2.45) is 0 Å². The molecule has 0 saturated heterocycles. The van der Waals surface area contributed by atoms with E-state index in [0.717, 1.165) is 61.4 Å². The van der Waals surface area contributed by atoms with E-state index in [1.54, 1.807) is 7.11 Å². The summed E-state index contributed by atoms with van der Waals surface area (Å²) >= 11 is 0. The van der Waals surface area contributed by atoms with Gasteiger partial charge in [0.2, 0.25) is 6.79 Å². The van der Waals surface area contributed by atoms with Crippen molar-refractivity contribution in [2.75, 3.05) is 13.9 Å². The molecule has 0 saturated carbocycles. The van der Waals surface area contributed by atoms with Crippen molar-refractivity contribution in [3.05, 3.63) is 84.1 Å². The zero-order valence-corrected chi connectivity index (χ0v) is 18.4. The number of fused-ring (bicyclic) bond motifs is 3. The second-order valence-corrected chi connectivity index (χ2v) is 8.06. The first-order valence-electron chi connectivity index (χ1n) is 10.8. The Balaban J connectivity index is 1.57. The van der Waals surface area contributed by atoms with Gasteiger partial charge in [-0.1, -0.05) is 36.4 Å². The van der Waals surface area contributed by atoms with Crippen molar-refractivity contribution >= 4 is 21.7 Å². The predicted octanol–water partition coefficient (Wildman–Crippen LogP) is 6.88. The molecule has 4 aromatic carbocycles. The van der Waals surface area contributed by atoms with E-state index >= 15 is 0 Å². The summed E-state index contributed by atoms with van der Waals surface area (Å²) < 4.78 is 29.3. The van der Waals surface area contributed by atoms with Gasteiger partial charge in [-0.15, -0.1) is 0 Å². The van der Waals surface area contributed by atoms with Crippen LogP contribution in [0.5, 0.6) is 23.0 Å². The first-order valence-corrected chi connectivity index (χ1v) is 10.8. The van der Waals surface area contributed by atoms with E-state index in [-0.39, 0.29) is 6.79 Å². The van der Waals surface area contributed by atoms with Gasteiger partial charge in [-0.3, -0.25) is 0 Å². The summed E-state index contributed by atoms with van der Waals surface area (Å²) in [5.74, 6) is 3.80. The lowest BCUT2D eigenvalue weighted by Gasteiger charge is -2.16. The van der Waals surface area contributed by atoms with E-state index < -0.39 is 0 Å². The molecule has 0 aliphatic carbocycles. The molecule has 0 unspecified atom stereocenters. The molecule has 33 heavy (non-hydrogen) atoms. The SMILES string of the molecule is COc1ccc(-c2ccc3cc4c(cc3c2OCc2ccccc2)OCO4)c2cc(C)oc12. The van der Waals surface area contributed by atoms with Gasteiger partial charge >= 0.3 is 0 Å². The molecule has 6 rings (SSSR count). The lowest BCUT2D eigenvalue weighted by atomic mass is 9.96. The van der Waals surface area contributed by atoms with Gasteiger partial charge in [0.1, 0.15) is 18.1 Å². The highest BCUT2D eigenvalue weighted by atomic mass is 16.7. The van der Waals surface area contributed by atoms with Gasteiger partial charge in [-0.2, -0.15) is 0 Å². The topological polar surface area (TPSA) is 50.1 Å². The summed E-state index contributed by atoms with van der Waals surface area (Å²) in [7, 11) is 1.65. The van der Waals surface area contributed by atoms with Crippen molar-refractivity contribution in [1.82, 2.24) is 0 Å². The van der Waals surface area contributed by atoms with Crippen LogP contribution in [0.1, 0.15) is 11.3 Å². The van der Waals surface area contributed by atoms with Crippen LogP contribution in [0.3, 0.4) is 0 Å². The third kappa shape index (κ3) is 3.33. The minimum absolute atomic E-state index is 0.228. The Morgan fingerprint density at radius 3 is 2.42 bits per heavy atom. The second-order valence-electron chi connectivity index (χ2n) is 8.06. The molecular weight excluding hydrogens is 416 g/mol. The molecular formula is C28H22O5. The van der Waals surface area contributed by atoms with Crippen molar-refractivity contribution in [3.63, 3.8) is 0 Å². The summed E-state index contributed by atoms with van der Waals surface area (Å²) in [6.45, 7) is 2.62. The molecule has 164 valence electrons. The molecule has 0 radical (unpaired) electrons. The van der Waals surface area contributed by atoms with Crippen LogP contribution in [0.15, 0.2) is 77.2 Å². The Morgan fingerprint density at radius 2 is 1.61 bits per heavy atom. The number of methoxy groups -OCH3 is 1. The van der Waals surface area contributed by atoms with E-state index in [0.29, 0.717) is 12.4 Å². The average molecular weight is 438 g/mol. The largest absolute Gasteiger partial charge is 0.493 e. The maximum absolute atomic E-state index is 6.50. The number of rotatable bonds is 5. The van der Waals surface area contributed by atoms with Gasteiger partial charge in [0.25, 0.3) is 0 Å². The van der Waals surface area contributed by atoms with E-state index in [2.05, 4.69) is 30.3 Å². The highest BCUT2D eigenvalue weighted by Crippen LogP contribution is 2.46. The molecule has 2 heterocycles. The minimum atomic E-state index is 0.228. The lowest BCUT2D eigenvalue weighted by molar-refractivity contribution is 0.174. The van der Waals surface area contributed by atoms with Crippen molar-refractivity contribution < 1.29 is 23.4 Å². The van der Waals surface area contributed by atoms with Crippen LogP contribution in [0, 0.1) is 6.92 Å². The second kappa shape index (κ2) is 7.78. The van der Waals surface area contributed by atoms with Gasteiger partial charge < -0.3 is 23.4 Å². The summed E-state index contributed by atoms with van der Waals surface area (Å²) in [6, 6.07) is 24.4. The normalized spacial score (nSPS) is 12.4. The quantitative estimate of drug-likeness (QED) is 0.299. The molecule has 0 amide bonds. The minimum Gasteiger partial charge on any atom is -0.493 e. The van der Waals surface area contributed by atoms with Crippen LogP contribution in [0.2, 0.25) is 0 Å². The molecule has 5 aromatic rings. The zero-order valence-electron chi connectivity index (χ0n) is 18.4. The number of hydrogen-bond donors (Lipinski definition) is 0. The Morgan fingerprint density at radius 1 is 0.818 bits per heavy atom. The fraction of sp³-hybridized carbons (Fsp3) is 0.143. The van der Waals surface area contributed by atoms with Crippen molar-refractivity contribution in [3.8, 4) is 34.1 Å². The number of ether oxygens (including phenoxy) is 4. The Hall–Kier alpha value is -4.12. The first kappa shape index (κ1) is 19.6. The van der Waals surface area contributed by atoms with Crippen LogP contribution in [-0.2, 0) is 6.61 Å². The van der Waals surface area contributed by atoms with Crippen LogP contribution >= 0.6 is 0 Å². The maximum Gasteiger partial charge on any atom is 0.231 e. The predicted molar refractivity (Wildman–Crippen MR) is 127 cm³/mol. The number of aryl methyl sites for hydroxylation is 1. The molecule has 0 N–H and O–H groups in total. The smallest absolute Gasteiger partial charge is 0.231 e. The Kier molecular flexibility index (Phi) is 4.61. The monoisotopic (exact) mass is 438 g/mol. The van der Waals surface area contributed by atoms with E-state index in [1.165, 1.54) is 0 Å². The summed E-state index contributed by atoms with van der Waals surface area (Å²) in [4.78, 5) is 0. The van der Waals surface area contributed by atoms with Gasteiger partial charge in [-0.05, 0) is 59.8 Å². The molecule has 0 bridgehead atoms. The zero-order chi connectivity index (χ0) is 22.4. The van der Waals surface area contributed by atoms with Crippen LogP contribution in [0.4, 0.5) is 0 Å². The van der Waals surface area contributed by atoms with Gasteiger partial charge in [0.05, 0.1) is 7.11 Å². The molecule has 0 atom stereocenters. The van der Waals surface area contributed by atoms with Crippen molar-refractivity contribution in [1.29, 1.82) is 0 Å². The summed E-state index contributed by atoms with van der Waals surface area (Å²) in [5.41, 5.74) is 3.82. The third-order valence-electron chi connectivity index (χ3n) is 5.97. The van der Waals surface area contributed by atoms with E-state index in [1.807, 2.05) is 49.4 Å². The molecule has 1 aliphatic heterocycles. The van der Waals surface area contributed by atoms with Gasteiger partial charge in [0, 0.05) is 16.3 Å². The average Bonchev–Trinajstić information content (AvgIpc) is 3.46. The molecule has 0 spiro atoms. The van der Waals surface area contributed by atoms with Crippen LogP contribution in [0.25, 0.3) is 32.9 Å². The first-order chi connectivity index (χ1) is 16.2. The van der Waals surface area contributed by atoms with Crippen LogP contribution < -0.4 is 18.9 Å². The Bertz CT molecular complexity index is 1480. The van der Waals surface area contributed by atoms with Gasteiger partial charge in [0.15, 0.2) is 22.8 Å².